The van der Waals surface area contributed by atoms with Crippen molar-refractivity contribution in [3.63, 3.8) is 0 Å². The molecule has 1 aromatic rings. The molecule has 112 valence electrons. The molecule has 0 spiro atoms. The SMILES string of the molecule is CC(C)(C)OC(O)N1CCCC(c2ccc(N)cc2)C1. The molecule has 0 saturated carbocycles. The van der Waals surface area contributed by atoms with Crippen molar-refractivity contribution in [3.05, 3.63) is 29.8 Å². The molecule has 0 radical (unpaired) electrons. The first-order valence-corrected chi connectivity index (χ1v) is 7.30. The number of nitrogens with two attached hydrogens (primary N) is 1. The number of nitrogens with zero attached hydrogens (tertiary/aromatic N) is 1. The van der Waals surface area contributed by atoms with Crippen molar-refractivity contribution in [3.8, 4) is 0 Å². The lowest BCUT2D eigenvalue weighted by Gasteiger charge is -2.38. The maximum atomic E-state index is 10.2. The number of likely N-dealkylation sites (tertiary alicyclic amines) is 1. The summed E-state index contributed by atoms with van der Waals surface area (Å²) in [5.74, 6) is 0.433. The second kappa shape index (κ2) is 6.12. The fourth-order valence-electron chi connectivity index (χ4n) is 2.64. The van der Waals surface area contributed by atoms with E-state index in [2.05, 4.69) is 12.1 Å². The molecule has 0 aromatic heterocycles. The predicted molar refractivity (Wildman–Crippen MR) is 81.2 cm³/mol. The van der Waals surface area contributed by atoms with Gasteiger partial charge < -0.3 is 15.6 Å². The summed E-state index contributed by atoms with van der Waals surface area (Å²) in [5.41, 5.74) is 7.46. The van der Waals surface area contributed by atoms with Crippen LogP contribution in [0.2, 0.25) is 0 Å². The van der Waals surface area contributed by atoms with E-state index in [1.165, 1.54) is 5.56 Å². The van der Waals surface area contributed by atoms with E-state index in [1.54, 1.807) is 0 Å². The van der Waals surface area contributed by atoms with E-state index >= 15 is 0 Å². The smallest absolute Gasteiger partial charge is 0.216 e. The minimum Gasteiger partial charge on any atom is -0.399 e. The first-order chi connectivity index (χ1) is 9.35. The van der Waals surface area contributed by atoms with Crippen molar-refractivity contribution in [1.82, 2.24) is 4.90 Å². The Balaban J connectivity index is 1.99. The number of rotatable bonds is 3. The summed E-state index contributed by atoms with van der Waals surface area (Å²) >= 11 is 0. The van der Waals surface area contributed by atoms with Crippen molar-refractivity contribution < 1.29 is 9.84 Å². The Hall–Kier alpha value is -1.10. The van der Waals surface area contributed by atoms with Crippen LogP contribution >= 0.6 is 0 Å². The van der Waals surface area contributed by atoms with Gasteiger partial charge in [0.05, 0.1) is 5.60 Å². The van der Waals surface area contributed by atoms with Gasteiger partial charge in [-0.2, -0.15) is 0 Å². The molecular formula is C16H26N2O2. The van der Waals surface area contributed by atoms with Gasteiger partial charge in [0.15, 0.2) is 0 Å². The first-order valence-electron chi connectivity index (χ1n) is 7.30. The van der Waals surface area contributed by atoms with Gasteiger partial charge in [-0.3, -0.25) is 4.90 Å². The minimum atomic E-state index is -0.827. The second-order valence-electron chi connectivity index (χ2n) is 6.56. The highest BCUT2D eigenvalue weighted by molar-refractivity contribution is 5.40. The second-order valence-corrected chi connectivity index (χ2v) is 6.56. The molecule has 3 N–H and O–H groups in total. The van der Waals surface area contributed by atoms with Crippen LogP contribution in [0.15, 0.2) is 24.3 Å². The molecule has 1 saturated heterocycles. The zero-order valence-corrected chi connectivity index (χ0v) is 12.7. The number of piperidine rings is 1. The Labute approximate surface area is 121 Å². The van der Waals surface area contributed by atoms with Crippen LogP contribution in [0, 0.1) is 0 Å². The number of nitrogen functional groups attached to an aromatic ring is 1. The lowest BCUT2D eigenvalue weighted by molar-refractivity contribution is -0.242. The molecule has 20 heavy (non-hydrogen) atoms. The van der Waals surface area contributed by atoms with E-state index in [-0.39, 0.29) is 5.60 Å². The van der Waals surface area contributed by atoms with Crippen LogP contribution in [-0.2, 0) is 4.74 Å². The lowest BCUT2D eigenvalue weighted by atomic mass is 9.90. The number of anilines is 1. The normalized spacial score (nSPS) is 22.7. The van der Waals surface area contributed by atoms with Gasteiger partial charge in [0.2, 0.25) is 6.41 Å². The zero-order chi connectivity index (χ0) is 14.8. The third-order valence-corrected chi connectivity index (χ3v) is 3.63. The molecule has 0 aliphatic carbocycles. The first kappa shape index (κ1) is 15.3. The number of hydrogen-bond donors (Lipinski definition) is 2. The number of hydrogen-bond acceptors (Lipinski definition) is 4. The highest BCUT2D eigenvalue weighted by atomic mass is 16.6. The van der Waals surface area contributed by atoms with Crippen LogP contribution in [0.4, 0.5) is 5.69 Å². The fourth-order valence-corrected chi connectivity index (χ4v) is 2.64. The van der Waals surface area contributed by atoms with E-state index < -0.39 is 6.41 Å². The number of benzene rings is 1. The van der Waals surface area contributed by atoms with Crippen molar-refractivity contribution in [1.29, 1.82) is 0 Å². The maximum Gasteiger partial charge on any atom is 0.216 e. The Morgan fingerprint density at radius 2 is 1.95 bits per heavy atom. The summed E-state index contributed by atoms with van der Waals surface area (Å²) < 4.78 is 5.64. The van der Waals surface area contributed by atoms with Crippen LogP contribution < -0.4 is 5.73 Å². The molecular weight excluding hydrogens is 252 g/mol. The van der Waals surface area contributed by atoms with Crippen molar-refractivity contribution in [2.24, 2.45) is 0 Å². The molecule has 4 heteroatoms. The molecule has 0 amide bonds. The Morgan fingerprint density at radius 3 is 2.55 bits per heavy atom. The van der Waals surface area contributed by atoms with Crippen molar-refractivity contribution in [2.45, 2.75) is 51.5 Å². The van der Waals surface area contributed by atoms with E-state index in [0.29, 0.717) is 5.92 Å². The average molecular weight is 278 g/mol. The molecule has 2 rings (SSSR count). The summed E-state index contributed by atoms with van der Waals surface area (Å²) in [6, 6.07) is 8.05. The topological polar surface area (TPSA) is 58.7 Å². The van der Waals surface area contributed by atoms with Gasteiger partial charge in [-0.05, 0) is 57.2 Å². The highest BCUT2D eigenvalue weighted by Crippen LogP contribution is 2.29. The molecule has 0 bridgehead atoms. The Morgan fingerprint density at radius 1 is 1.30 bits per heavy atom. The monoisotopic (exact) mass is 278 g/mol. The summed E-state index contributed by atoms with van der Waals surface area (Å²) in [4.78, 5) is 2.01. The summed E-state index contributed by atoms with van der Waals surface area (Å²) in [6.07, 6.45) is 1.38. The van der Waals surface area contributed by atoms with Crippen molar-refractivity contribution >= 4 is 5.69 Å². The molecule has 1 aromatic carbocycles. The van der Waals surface area contributed by atoms with E-state index in [9.17, 15) is 5.11 Å². The van der Waals surface area contributed by atoms with Crippen LogP contribution in [0.1, 0.15) is 45.1 Å². The number of ether oxygens (including phenoxy) is 1. The van der Waals surface area contributed by atoms with Gasteiger partial charge in [0, 0.05) is 18.8 Å². The quantitative estimate of drug-likeness (QED) is 0.659. The predicted octanol–water partition coefficient (Wildman–Crippen LogP) is 2.54. The summed E-state index contributed by atoms with van der Waals surface area (Å²) in [7, 11) is 0. The number of aliphatic hydroxyl groups is 1. The van der Waals surface area contributed by atoms with E-state index in [0.717, 1.165) is 31.6 Å². The molecule has 2 atom stereocenters. The van der Waals surface area contributed by atoms with E-state index in [1.807, 2.05) is 37.8 Å². The zero-order valence-electron chi connectivity index (χ0n) is 12.7. The van der Waals surface area contributed by atoms with Gasteiger partial charge in [-0.25, -0.2) is 0 Å². The molecule has 1 heterocycles. The molecule has 4 nitrogen and oxygen atoms in total. The Bertz CT molecular complexity index is 425. The highest BCUT2D eigenvalue weighted by Gasteiger charge is 2.28. The standard InChI is InChI=1S/C16H26N2O2/c1-16(2,3)20-15(19)18-10-4-5-13(11-18)12-6-8-14(17)9-7-12/h6-9,13,15,19H,4-5,10-11,17H2,1-3H3. The van der Waals surface area contributed by atoms with Crippen LogP contribution in [0.5, 0.6) is 0 Å². The van der Waals surface area contributed by atoms with Gasteiger partial charge >= 0.3 is 0 Å². The average Bonchev–Trinajstić information content (AvgIpc) is 2.38. The van der Waals surface area contributed by atoms with Crippen molar-refractivity contribution in [2.75, 3.05) is 18.8 Å². The third-order valence-electron chi connectivity index (χ3n) is 3.63. The molecule has 1 aliphatic rings. The van der Waals surface area contributed by atoms with E-state index in [4.69, 9.17) is 10.5 Å². The molecule has 1 fully saturated rings. The lowest BCUT2D eigenvalue weighted by Crippen LogP contribution is -2.46. The van der Waals surface area contributed by atoms with Gasteiger partial charge in [-0.1, -0.05) is 12.1 Å². The summed E-state index contributed by atoms with van der Waals surface area (Å²) in [5, 5.41) is 10.2. The van der Waals surface area contributed by atoms with Gasteiger partial charge in [0.25, 0.3) is 0 Å². The van der Waals surface area contributed by atoms with Gasteiger partial charge in [-0.15, -0.1) is 0 Å². The van der Waals surface area contributed by atoms with Crippen LogP contribution in [-0.4, -0.2) is 35.1 Å². The third kappa shape index (κ3) is 4.20. The minimum absolute atomic E-state index is 0.340. The number of aliphatic hydroxyl groups excluding tert-OH is 1. The Kier molecular flexibility index (Phi) is 4.68. The largest absolute Gasteiger partial charge is 0.399 e. The van der Waals surface area contributed by atoms with Crippen LogP contribution in [0.3, 0.4) is 0 Å². The maximum absolute atomic E-state index is 10.2. The molecule has 1 aliphatic heterocycles. The summed E-state index contributed by atoms with van der Waals surface area (Å²) in [6.45, 7) is 7.57. The van der Waals surface area contributed by atoms with Gasteiger partial charge in [0.1, 0.15) is 0 Å². The molecule has 2 unspecified atom stereocenters. The van der Waals surface area contributed by atoms with Crippen LogP contribution in [0.25, 0.3) is 0 Å². The fraction of sp³-hybridized carbons (Fsp3) is 0.625.